The van der Waals surface area contributed by atoms with Crippen LogP contribution in [0.3, 0.4) is 0 Å². The summed E-state index contributed by atoms with van der Waals surface area (Å²) in [6.07, 6.45) is 4.04. The third-order valence-corrected chi connectivity index (χ3v) is 4.87. The normalized spacial score (nSPS) is 26.0. The first-order valence-electron chi connectivity index (χ1n) is 8.78. The molecule has 0 aliphatic heterocycles. The Hall–Kier alpha value is -0.120. The highest BCUT2D eigenvalue weighted by atomic mass is 15.2. The largest absolute Gasteiger partial charge is 0.317 e. The van der Waals surface area contributed by atoms with Gasteiger partial charge in [0.15, 0.2) is 0 Å². The molecule has 0 bridgehead atoms. The molecule has 3 heteroatoms. The summed E-state index contributed by atoms with van der Waals surface area (Å²) in [6, 6.07) is 0.701. The SMILES string of the molecule is CNC1CCC(C)(C)CC1CN(CCN(C)C)CC(C)C. The van der Waals surface area contributed by atoms with E-state index in [-0.39, 0.29) is 0 Å². The van der Waals surface area contributed by atoms with Gasteiger partial charge in [0.1, 0.15) is 0 Å². The van der Waals surface area contributed by atoms with Crippen molar-refractivity contribution >= 4 is 0 Å². The van der Waals surface area contributed by atoms with E-state index in [9.17, 15) is 0 Å². The summed E-state index contributed by atoms with van der Waals surface area (Å²) < 4.78 is 0. The van der Waals surface area contributed by atoms with Gasteiger partial charge in [0.05, 0.1) is 0 Å². The predicted octanol–water partition coefficient (Wildman–Crippen LogP) is 2.92. The maximum absolute atomic E-state index is 3.58. The molecule has 21 heavy (non-hydrogen) atoms. The summed E-state index contributed by atoms with van der Waals surface area (Å²) in [5, 5.41) is 3.58. The van der Waals surface area contributed by atoms with Crippen molar-refractivity contribution in [2.75, 3.05) is 47.3 Å². The lowest BCUT2D eigenvalue weighted by Crippen LogP contribution is -2.48. The van der Waals surface area contributed by atoms with Gasteiger partial charge >= 0.3 is 0 Å². The molecule has 0 heterocycles. The number of hydrogen-bond acceptors (Lipinski definition) is 3. The predicted molar refractivity (Wildman–Crippen MR) is 93.8 cm³/mol. The minimum absolute atomic E-state index is 0.517. The number of hydrogen-bond donors (Lipinski definition) is 1. The van der Waals surface area contributed by atoms with Crippen LogP contribution < -0.4 is 5.32 Å². The van der Waals surface area contributed by atoms with Gasteiger partial charge in [-0.1, -0.05) is 27.7 Å². The van der Waals surface area contributed by atoms with Crippen LogP contribution in [-0.4, -0.2) is 63.2 Å². The van der Waals surface area contributed by atoms with E-state index in [0.717, 1.165) is 18.4 Å². The van der Waals surface area contributed by atoms with E-state index in [2.05, 4.69) is 64.0 Å². The van der Waals surface area contributed by atoms with Crippen molar-refractivity contribution in [1.29, 1.82) is 0 Å². The Bertz CT molecular complexity index is 286. The first-order valence-corrected chi connectivity index (χ1v) is 8.78. The summed E-state index contributed by atoms with van der Waals surface area (Å²) in [5.41, 5.74) is 0.517. The molecule has 1 rings (SSSR count). The highest BCUT2D eigenvalue weighted by Crippen LogP contribution is 2.39. The monoisotopic (exact) mass is 297 g/mol. The highest BCUT2D eigenvalue weighted by Gasteiger charge is 2.34. The van der Waals surface area contributed by atoms with Crippen LogP contribution in [0, 0.1) is 17.3 Å². The average molecular weight is 298 g/mol. The quantitative estimate of drug-likeness (QED) is 0.743. The van der Waals surface area contributed by atoms with E-state index in [1.807, 2.05) is 0 Å². The van der Waals surface area contributed by atoms with Gasteiger partial charge in [-0.25, -0.2) is 0 Å². The fraction of sp³-hybridized carbons (Fsp3) is 1.00. The van der Waals surface area contributed by atoms with Gasteiger partial charge in [-0.3, -0.25) is 0 Å². The fourth-order valence-corrected chi connectivity index (χ4v) is 3.75. The van der Waals surface area contributed by atoms with Gasteiger partial charge in [-0.15, -0.1) is 0 Å². The van der Waals surface area contributed by atoms with E-state index in [1.54, 1.807) is 0 Å². The first-order chi connectivity index (χ1) is 9.73. The Morgan fingerprint density at radius 3 is 2.38 bits per heavy atom. The molecule has 0 saturated heterocycles. The number of nitrogens with zero attached hydrogens (tertiary/aromatic N) is 2. The summed E-state index contributed by atoms with van der Waals surface area (Å²) in [4.78, 5) is 4.99. The third-order valence-electron chi connectivity index (χ3n) is 4.87. The lowest BCUT2D eigenvalue weighted by atomic mass is 9.69. The second-order valence-electron chi connectivity index (χ2n) is 8.52. The Kier molecular flexibility index (Phi) is 7.66. The molecule has 0 radical (unpaired) electrons. The van der Waals surface area contributed by atoms with Crippen molar-refractivity contribution in [2.24, 2.45) is 17.3 Å². The minimum atomic E-state index is 0.517. The molecule has 0 aromatic heterocycles. The first kappa shape index (κ1) is 18.9. The number of rotatable bonds is 8. The molecule has 0 spiro atoms. The molecule has 1 saturated carbocycles. The molecule has 1 N–H and O–H groups in total. The van der Waals surface area contributed by atoms with Crippen molar-refractivity contribution in [3.8, 4) is 0 Å². The molecular weight excluding hydrogens is 258 g/mol. The average Bonchev–Trinajstić information content (AvgIpc) is 2.34. The molecule has 3 nitrogen and oxygen atoms in total. The van der Waals surface area contributed by atoms with Crippen molar-refractivity contribution in [3.63, 3.8) is 0 Å². The molecular formula is C18H39N3. The molecule has 2 unspecified atom stereocenters. The van der Waals surface area contributed by atoms with Crippen molar-refractivity contribution in [1.82, 2.24) is 15.1 Å². The second kappa shape index (κ2) is 8.50. The lowest BCUT2D eigenvalue weighted by Gasteiger charge is -2.43. The second-order valence-corrected chi connectivity index (χ2v) is 8.52. The summed E-state index contributed by atoms with van der Waals surface area (Å²) >= 11 is 0. The van der Waals surface area contributed by atoms with Crippen LogP contribution in [0.4, 0.5) is 0 Å². The van der Waals surface area contributed by atoms with Gasteiger partial charge in [0, 0.05) is 32.2 Å². The van der Waals surface area contributed by atoms with Gasteiger partial charge < -0.3 is 15.1 Å². The maximum atomic E-state index is 3.58. The maximum Gasteiger partial charge on any atom is 0.0109 e. The third kappa shape index (κ3) is 7.12. The smallest absolute Gasteiger partial charge is 0.0109 e. The Morgan fingerprint density at radius 1 is 1.19 bits per heavy atom. The standard InChI is InChI=1S/C18H39N3/c1-15(2)13-21(11-10-20(6)7)14-16-12-18(3,4)9-8-17(16)19-5/h15-17,19H,8-14H2,1-7H3. The fourth-order valence-electron chi connectivity index (χ4n) is 3.75. The molecule has 0 amide bonds. The van der Waals surface area contributed by atoms with Gasteiger partial charge in [0.25, 0.3) is 0 Å². The summed E-state index contributed by atoms with van der Waals surface area (Å²) in [7, 11) is 6.49. The molecule has 0 aromatic rings. The van der Waals surface area contributed by atoms with E-state index in [0.29, 0.717) is 11.5 Å². The highest BCUT2D eigenvalue weighted by molar-refractivity contribution is 4.89. The zero-order valence-electron chi connectivity index (χ0n) is 15.6. The zero-order valence-corrected chi connectivity index (χ0v) is 15.6. The van der Waals surface area contributed by atoms with Crippen LogP contribution in [0.5, 0.6) is 0 Å². The van der Waals surface area contributed by atoms with Gasteiger partial charge in [-0.2, -0.15) is 0 Å². The van der Waals surface area contributed by atoms with E-state index < -0.39 is 0 Å². The van der Waals surface area contributed by atoms with Crippen LogP contribution >= 0.6 is 0 Å². The Balaban J connectivity index is 2.64. The molecule has 0 aromatic carbocycles. The molecule has 126 valence electrons. The van der Waals surface area contributed by atoms with E-state index in [4.69, 9.17) is 0 Å². The number of likely N-dealkylation sites (N-methyl/N-ethyl adjacent to an activating group) is 1. The molecule has 1 aliphatic rings. The Morgan fingerprint density at radius 2 is 1.86 bits per heavy atom. The zero-order chi connectivity index (χ0) is 16.0. The lowest BCUT2D eigenvalue weighted by molar-refractivity contribution is 0.0947. The van der Waals surface area contributed by atoms with Gasteiger partial charge in [0.2, 0.25) is 0 Å². The van der Waals surface area contributed by atoms with Crippen LogP contribution in [0.1, 0.15) is 47.0 Å². The minimum Gasteiger partial charge on any atom is -0.317 e. The number of nitrogens with one attached hydrogen (secondary N) is 1. The van der Waals surface area contributed by atoms with Crippen LogP contribution in [0.15, 0.2) is 0 Å². The van der Waals surface area contributed by atoms with Crippen LogP contribution in [-0.2, 0) is 0 Å². The van der Waals surface area contributed by atoms with Crippen LogP contribution in [0.2, 0.25) is 0 Å². The van der Waals surface area contributed by atoms with Crippen molar-refractivity contribution < 1.29 is 0 Å². The van der Waals surface area contributed by atoms with Crippen LogP contribution in [0.25, 0.3) is 0 Å². The molecule has 1 aliphatic carbocycles. The summed E-state index contributed by atoms with van der Waals surface area (Å²) in [6.45, 7) is 14.4. The Labute approximate surface area is 133 Å². The molecule has 1 fully saturated rings. The van der Waals surface area contributed by atoms with Gasteiger partial charge in [-0.05, 0) is 57.7 Å². The topological polar surface area (TPSA) is 18.5 Å². The van der Waals surface area contributed by atoms with E-state index in [1.165, 1.54) is 38.9 Å². The van der Waals surface area contributed by atoms with Crippen molar-refractivity contribution in [3.05, 3.63) is 0 Å². The van der Waals surface area contributed by atoms with Crippen molar-refractivity contribution in [2.45, 2.75) is 53.0 Å². The van der Waals surface area contributed by atoms with E-state index >= 15 is 0 Å². The summed E-state index contributed by atoms with van der Waals surface area (Å²) in [5.74, 6) is 1.54. The molecule has 2 atom stereocenters.